The molecule has 1 unspecified atom stereocenters. The standard InChI is InChI=1S/C4H7ClO3.CH2O3/c5-2-3(6)1-4(7)8;2-1(3)4/h3,6H,1-2H2,(H,7,8);(H2,2,3,4). The van der Waals surface area contributed by atoms with Crippen LogP contribution < -0.4 is 0 Å². The van der Waals surface area contributed by atoms with Crippen molar-refractivity contribution >= 4 is 23.7 Å². The topological polar surface area (TPSA) is 115 Å². The number of carboxylic acid groups (broad SMARTS) is 3. The Morgan fingerprint density at radius 1 is 1.25 bits per heavy atom. The Bertz CT molecular complexity index is 143. The number of carbonyl (C=O) groups is 2. The van der Waals surface area contributed by atoms with E-state index in [1.165, 1.54) is 0 Å². The van der Waals surface area contributed by atoms with Gasteiger partial charge in [0, 0.05) is 5.88 Å². The van der Waals surface area contributed by atoms with Crippen LogP contribution in [-0.4, -0.2) is 44.5 Å². The van der Waals surface area contributed by atoms with Crippen molar-refractivity contribution in [1.29, 1.82) is 0 Å². The first kappa shape index (κ1) is 13.6. The lowest BCUT2D eigenvalue weighted by Gasteiger charge is -1.98. The van der Waals surface area contributed by atoms with Gasteiger partial charge < -0.3 is 20.4 Å². The molecule has 0 bridgehead atoms. The van der Waals surface area contributed by atoms with Gasteiger partial charge in [-0.25, -0.2) is 4.79 Å². The number of carboxylic acids is 1. The molecular weight excluding hydrogens is 192 g/mol. The first-order valence-electron chi connectivity index (χ1n) is 2.77. The van der Waals surface area contributed by atoms with E-state index in [1.54, 1.807) is 0 Å². The molecule has 0 saturated carbocycles. The minimum Gasteiger partial charge on any atom is -0.481 e. The second-order valence-corrected chi connectivity index (χ2v) is 2.00. The highest BCUT2D eigenvalue weighted by atomic mass is 35.5. The zero-order chi connectivity index (χ0) is 10.1. The summed E-state index contributed by atoms with van der Waals surface area (Å²) >= 11 is 5.08. The lowest BCUT2D eigenvalue weighted by Crippen LogP contribution is -2.13. The van der Waals surface area contributed by atoms with E-state index in [0.29, 0.717) is 0 Å². The molecule has 0 aromatic heterocycles. The number of hydrogen-bond donors (Lipinski definition) is 4. The van der Waals surface area contributed by atoms with Crippen LogP contribution in [0.4, 0.5) is 4.79 Å². The van der Waals surface area contributed by atoms with Crippen molar-refractivity contribution in [3.05, 3.63) is 0 Å². The van der Waals surface area contributed by atoms with Gasteiger partial charge in [-0.2, -0.15) is 0 Å². The molecule has 0 fully saturated rings. The summed E-state index contributed by atoms with van der Waals surface area (Å²) in [5.41, 5.74) is 0. The Morgan fingerprint density at radius 3 is 1.67 bits per heavy atom. The van der Waals surface area contributed by atoms with Gasteiger partial charge in [0.15, 0.2) is 0 Å². The van der Waals surface area contributed by atoms with Crippen LogP contribution in [0.2, 0.25) is 0 Å². The first-order chi connectivity index (χ1) is 5.40. The normalized spacial score (nSPS) is 10.8. The Labute approximate surface area is 73.0 Å². The Morgan fingerprint density at radius 2 is 1.58 bits per heavy atom. The molecular formula is C5H9ClO6. The summed E-state index contributed by atoms with van der Waals surface area (Å²) in [5.74, 6) is -1.05. The Balaban J connectivity index is 0. The van der Waals surface area contributed by atoms with Crippen LogP contribution >= 0.6 is 11.6 Å². The summed E-state index contributed by atoms with van der Waals surface area (Å²) in [6, 6.07) is 0. The number of rotatable bonds is 3. The van der Waals surface area contributed by atoms with Crippen LogP contribution in [0.15, 0.2) is 0 Å². The van der Waals surface area contributed by atoms with E-state index >= 15 is 0 Å². The predicted molar refractivity (Wildman–Crippen MR) is 39.6 cm³/mol. The maximum atomic E-state index is 9.75. The van der Waals surface area contributed by atoms with Crippen LogP contribution in [0.25, 0.3) is 0 Å². The number of halogens is 1. The molecule has 7 heteroatoms. The fourth-order valence-electron chi connectivity index (χ4n) is 0.256. The molecule has 0 spiro atoms. The molecule has 4 N–H and O–H groups in total. The van der Waals surface area contributed by atoms with Gasteiger partial charge in [0.25, 0.3) is 0 Å². The minimum absolute atomic E-state index is 0.0215. The summed E-state index contributed by atoms with van der Waals surface area (Å²) in [7, 11) is 0. The molecule has 0 aromatic rings. The average Bonchev–Trinajstić information content (AvgIpc) is 1.84. The van der Waals surface area contributed by atoms with E-state index in [2.05, 4.69) is 0 Å². The van der Waals surface area contributed by atoms with Crippen molar-refractivity contribution in [2.75, 3.05) is 5.88 Å². The molecule has 0 aliphatic carbocycles. The highest BCUT2D eigenvalue weighted by molar-refractivity contribution is 6.18. The zero-order valence-electron chi connectivity index (χ0n) is 5.97. The van der Waals surface area contributed by atoms with Gasteiger partial charge in [-0.3, -0.25) is 4.79 Å². The van der Waals surface area contributed by atoms with E-state index in [0.717, 1.165) is 0 Å². The lowest BCUT2D eigenvalue weighted by molar-refractivity contribution is -0.138. The number of alkyl halides is 1. The van der Waals surface area contributed by atoms with Gasteiger partial charge in [0.1, 0.15) is 0 Å². The molecule has 12 heavy (non-hydrogen) atoms. The molecule has 0 heterocycles. The highest BCUT2D eigenvalue weighted by Crippen LogP contribution is 1.92. The van der Waals surface area contributed by atoms with Crippen LogP contribution in [0.3, 0.4) is 0 Å². The number of aliphatic carboxylic acids is 1. The second-order valence-electron chi connectivity index (χ2n) is 1.69. The number of aliphatic hydroxyl groups is 1. The molecule has 1 atom stereocenters. The third-order valence-electron chi connectivity index (χ3n) is 0.588. The van der Waals surface area contributed by atoms with Gasteiger partial charge in [0.2, 0.25) is 0 Å². The van der Waals surface area contributed by atoms with Crippen molar-refractivity contribution in [1.82, 2.24) is 0 Å². The van der Waals surface area contributed by atoms with Crippen LogP contribution in [0.1, 0.15) is 6.42 Å². The number of hydrogen-bond acceptors (Lipinski definition) is 3. The molecule has 6 nitrogen and oxygen atoms in total. The maximum Gasteiger partial charge on any atom is 0.503 e. The van der Waals surface area contributed by atoms with E-state index in [9.17, 15) is 4.79 Å². The smallest absolute Gasteiger partial charge is 0.481 e. The van der Waals surface area contributed by atoms with Crippen LogP contribution in [0, 0.1) is 0 Å². The van der Waals surface area contributed by atoms with E-state index < -0.39 is 18.2 Å². The fourth-order valence-corrected chi connectivity index (χ4v) is 0.365. The summed E-state index contributed by atoms with van der Waals surface area (Å²) in [5, 5.41) is 30.5. The summed E-state index contributed by atoms with van der Waals surface area (Å²) in [6.45, 7) is 0. The molecule has 72 valence electrons. The lowest BCUT2D eigenvalue weighted by atomic mass is 10.3. The number of aliphatic hydroxyl groups excluding tert-OH is 1. The van der Waals surface area contributed by atoms with Crippen LogP contribution in [0.5, 0.6) is 0 Å². The van der Waals surface area contributed by atoms with Gasteiger partial charge in [-0.1, -0.05) is 0 Å². The van der Waals surface area contributed by atoms with Crippen LogP contribution in [-0.2, 0) is 4.79 Å². The third kappa shape index (κ3) is 23.0. The largest absolute Gasteiger partial charge is 0.503 e. The molecule has 0 saturated heterocycles. The van der Waals surface area contributed by atoms with Crippen molar-refractivity contribution in [3.63, 3.8) is 0 Å². The molecule has 0 aliphatic heterocycles. The average molecular weight is 201 g/mol. The van der Waals surface area contributed by atoms with Gasteiger partial charge in [-0.15, -0.1) is 11.6 Å². The first-order valence-corrected chi connectivity index (χ1v) is 3.31. The monoisotopic (exact) mass is 200 g/mol. The van der Waals surface area contributed by atoms with Gasteiger partial charge >= 0.3 is 12.1 Å². The fraction of sp³-hybridized carbons (Fsp3) is 0.600. The minimum atomic E-state index is -1.83. The van der Waals surface area contributed by atoms with Crippen molar-refractivity contribution < 1.29 is 30.0 Å². The highest BCUT2D eigenvalue weighted by Gasteiger charge is 2.05. The Hall–Kier alpha value is -1.01. The molecule has 0 radical (unpaired) electrons. The molecule has 0 aliphatic rings. The second kappa shape index (κ2) is 8.09. The van der Waals surface area contributed by atoms with Gasteiger partial charge in [-0.05, 0) is 0 Å². The van der Waals surface area contributed by atoms with E-state index in [1.807, 2.05) is 0 Å². The summed E-state index contributed by atoms with van der Waals surface area (Å²) in [4.78, 5) is 18.3. The van der Waals surface area contributed by atoms with E-state index in [-0.39, 0.29) is 12.3 Å². The predicted octanol–water partition coefficient (Wildman–Crippen LogP) is 0.283. The third-order valence-corrected chi connectivity index (χ3v) is 0.945. The zero-order valence-corrected chi connectivity index (χ0v) is 6.73. The van der Waals surface area contributed by atoms with Crippen molar-refractivity contribution in [3.8, 4) is 0 Å². The Kier molecular flexibility index (Phi) is 9.15. The SMILES string of the molecule is O=C(O)CC(O)CCl.O=C(O)O. The van der Waals surface area contributed by atoms with E-state index in [4.69, 9.17) is 36.8 Å². The van der Waals surface area contributed by atoms with Gasteiger partial charge in [0.05, 0.1) is 12.5 Å². The summed E-state index contributed by atoms with van der Waals surface area (Å²) < 4.78 is 0. The quantitative estimate of drug-likeness (QED) is 0.487. The molecule has 0 amide bonds. The molecule has 0 rings (SSSR count). The maximum absolute atomic E-state index is 9.75. The van der Waals surface area contributed by atoms with Crippen molar-refractivity contribution in [2.24, 2.45) is 0 Å². The molecule has 0 aromatic carbocycles. The van der Waals surface area contributed by atoms with Crippen molar-refractivity contribution in [2.45, 2.75) is 12.5 Å². The summed E-state index contributed by atoms with van der Waals surface area (Å²) in [6.07, 6.45) is -3.02.